The predicted molar refractivity (Wildman–Crippen MR) is 211 cm³/mol. The number of rotatable bonds is 20. The van der Waals surface area contributed by atoms with Gasteiger partial charge in [0.05, 0.1) is 12.1 Å². The number of aliphatic hydroxyl groups excluding tert-OH is 1. The van der Waals surface area contributed by atoms with Crippen molar-refractivity contribution in [2.45, 2.75) is 150 Å². The number of carbonyl (C=O) groups excluding carboxylic acids is 5. The number of ether oxygens (including phenoxy) is 1. The maximum absolute atomic E-state index is 13.8. The molecule has 0 bridgehead atoms. The molecular formula is C40H67N5O7S. The molecule has 1 aromatic carbocycles. The molecule has 6 atom stereocenters. The molecule has 1 aromatic rings. The first-order valence-electron chi connectivity index (χ1n) is 19.1. The summed E-state index contributed by atoms with van der Waals surface area (Å²) in [4.78, 5) is 66.6. The van der Waals surface area contributed by atoms with Gasteiger partial charge in [-0.2, -0.15) is 11.8 Å². The molecule has 0 heterocycles. The van der Waals surface area contributed by atoms with Gasteiger partial charge in [-0.3, -0.25) is 19.2 Å². The van der Waals surface area contributed by atoms with Gasteiger partial charge in [0.2, 0.25) is 23.6 Å². The summed E-state index contributed by atoms with van der Waals surface area (Å²) >= 11 is 1.53. The lowest BCUT2D eigenvalue weighted by atomic mass is 9.91. The second-order valence-electron chi connectivity index (χ2n) is 16.7. The molecule has 12 nitrogen and oxygen atoms in total. The summed E-state index contributed by atoms with van der Waals surface area (Å²) in [6.07, 6.45) is 2.86. The van der Waals surface area contributed by atoms with E-state index in [-0.39, 0.29) is 42.0 Å². The van der Waals surface area contributed by atoms with E-state index in [1.807, 2.05) is 46.1 Å². The smallest absolute Gasteiger partial charge is 0.408 e. The van der Waals surface area contributed by atoms with E-state index in [0.29, 0.717) is 25.0 Å². The number of amides is 5. The van der Waals surface area contributed by atoms with Gasteiger partial charge < -0.3 is 36.4 Å². The number of nitrogens with one attached hydrogen (secondary N) is 5. The summed E-state index contributed by atoms with van der Waals surface area (Å²) in [7, 11) is 0. The number of alkyl carbamates (subject to hydrolysis) is 1. The van der Waals surface area contributed by atoms with Crippen molar-refractivity contribution in [3.8, 4) is 0 Å². The van der Waals surface area contributed by atoms with E-state index in [0.717, 1.165) is 12.8 Å². The number of benzene rings is 1. The van der Waals surface area contributed by atoms with Crippen molar-refractivity contribution in [1.82, 2.24) is 26.6 Å². The Bertz CT molecular complexity index is 1340. The molecule has 0 aliphatic heterocycles. The van der Waals surface area contributed by atoms with Gasteiger partial charge in [-0.25, -0.2) is 4.79 Å². The quantitative estimate of drug-likeness (QED) is 0.113. The SMILES string of the molecule is CSCC[C@H](NC(=O)[C@@H](NC(=O)OC(C)(C)C)C(C)C)C(=O)N[C@@H](CC(C)C)[C@@H](O)C[C@@H](C)C(=O)NC(CC(C)C)C(=O)NC1Cc2ccccc2C1. The Labute approximate surface area is 321 Å². The molecule has 1 aliphatic rings. The van der Waals surface area contributed by atoms with Gasteiger partial charge in [-0.05, 0) is 100 Å². The van der Waals surface area contributed by atoms with Crippen molar-refractivity contribution >= 4 is 41.5 Å². The van der Waals surface area contributed by atoms with Gasteiger partial charge in [-0.15, -0.1) is 0 Å². The molecule has 0 saturated heterocycles. The summed E-state index contributed by atoms with van der Waals surface area (Å²) in [5.41, 5.74) is 1.70. The Hall–Kier alpha value is -3.32. The summed E-state index contributed by atoms with van der Waals surface area (Å²) < 4.78 is 5.35. The van der Waals surface area contributed by atoms with Crippen molar-refractivity contribution in [2.75, 3.05) is 12.0 Å². The van der Waals surface area contributed by atoms with Gasteiger partial charge in [0, 0.05) is 12.0 Å². The highest BCUT2D eigenvalue weighted by atomic mass is 32.2. The van der Waals surface area contributed by atoms with Gasteiger partial charge in [0.25, 0.3) is 0 Å². The minimum Gasteiger partial charge on any atom is -0.444 e. The van der Waals surface area contributed by atoms with Crippen LogP contribution in [0.3, 0.4) is 0 Å². The third-order valence-corrected chi connectivity index (χ3v) is 9.81. The Balaban J connectivity index is 2.11. The highest BCUT2D eigenvalue weighted by Crippen LogP contribution is 2.22. The van der Waals surface area contributed by atoms with E-state index in [2.05, 4.69) is 38.7 Å². The van der Waals surface area contributed by atoms with E-state index in [9.17, 15) is 29.1 Å². The lowest BCUT2D eigenvalue weighted by molar-refractivity contribution is -0.132. The van der Waals surface area contributed by atoms with Crippen LogP contribution in [0.4, 0.5) is 4.79 Å². The van der Waals surface area contributed by atoms with Gasteiger partial charge in [0.15, 0.2) is 0 Å². The highest BCUT2D eigenvalue weighted by molar-refractivity contribution is 7.98. The largest absolute Gasteiger partial charge is 0.444 e. The fourth-order valence-corrected chi connectivity index (χ4v) is 6.92. The number of hydrogen-bond donors (Lipinski definition) is 6. The lowest BCUT2D eigenvalue weighted by Crippen LogP contribution is -2.58. The van der Waals surface area contributed by atoms with Gasteiger partial charge >= 0.3 is 6.09 Å². The first-order chi connectivity index (χ1) is 24.7. The van der Waals surface area contributed by atoms with Crippen molar-refractivity contribution < 1.29 is 33.8 Å². The Kier molecular flexibility index (Phi) is 18.6. The summed E-state index contributed by atoms with van der Waals surface area (Å²) in [6, 6.07) is 4.81. The monoisotopic (exact) mass is 761 g/mol. The molecule has 300 valence electrons. The molecule has 1 aliphatic carbocycles. The zero-order valence-corrected chi connectivity index (χ0v) is 34.7. The van der Waals surface area contributed by atoms with E-state index in [1.54, 1.807) is 41.5 Å². The first kappa shape index (κ1) is 45.8. The van der Waals surface area contributed by atoms with Crippen LogP contribution in [0.1, 0.15) is 106 Å². The maximum Gasteiger partial charge on any atom is 0.408 e. The van der Waals surface area contributed by atoms with Crippen molar-refractivity contribution in [2.24, 2.45) is 23.7 Å². The first-order valence-corrected chi connectivity index (χ1v) is 20.5. The third-order valence-electron chi connectivity index (χ3n) is 9.16. The summed E-state index contributed by atoms with van der Waals surface area (Å²) in [5, 5.41) is 25.9. The van der Waals surface area contributed by atoms with Crippen LogP contribution in [0.2, 0.25) is 0 Å². The minimum atomic E-state index is -1.08. The Morgan fingerprint density at radius 2 is 1.34 bits per heavy atom. The van der Waals surface area contributed by atoms with Crippen LogP contribution in [0.25, 0.3) is 0 Å². The highest BCUT2D eigenvalue weighted by Gasteiger charge is 2.34. The number of fused-ring (bicyclic) bond motifs is 1. The molecular weight excluding hydrogens is 695 g/mol. The predicted octanol–water partition coefficient (Wildman–Crippen LogP) is 4.51. The van der Waals surface area contributed by atoms with Crippen LogP contribution in [-0.4, -0.2) is 88.8 Å². The van der Waals surface area contributed by atoms with Crippen molar-refractivity contribution in [3.05, 3.63) is 35.4 Å². The molecule has 0 spiro atoms. The van der Waals surface area contributed by atoms with Crippen LogP contribution in [0, 0.1) is 23.7 Å². The van der Waals surface area contributed by atoms with E-state index < -0.39 is 59.7 Å². The molecule has 1 unspecified atom stereocenters. The third kappa shape index (κ3) is 16.3. The number of carbonyl (C=O) groups is 5. The molecule has 2 rings (SSSR count). The fraction of sp³-hybridized carbons (Fsp3) is 0.725. The molecule has 5 amide bonds. The van der Waals surface area contributed by atoms with Crippen molar-refractivity contribution in [1.29, 1.82) is 0 Å². The molecule has 0 radical (unpaired) electrons. The summed E-state index contributed by atoms with van der Waals surface area (Å²) in [6.45, 7) is 18.4. The minimum absolute atomic E-state index is 0.0341. The average molecular weight is 762 g/mol. The number of thioether (sulfide) groups is 1. The Morgan fingerprint density at radius 3 is 1.85 bits per heavy atom. The van der Waals surface area contributed by atoms with E-state index >= 15 is 0 Å². The molecule has 53 heavy (non-hydrogen) atoms. The molecule has 6 N–H and O–H groups in total. The van der Waals surface area contributed by atoms with Gasteiger partial charge in [0.1, 0.15) is 23.7 Å². The van der Waals surface area contributed by atoms with Crippen LogP contribution < -0.4 is 26.6 Å². The molecule has 13 heteroatoms. The number of aliphatic hydroxyl groups is 1. The van der Waals surface area contributed by atoms with E-state index in [4.69, 9.17) is 4.74 Å². The molecule has 0 aromatic heterocycles. The standard InChI is InChI=1S/C40H67N5O7S/c1-23(2)18-31(43-36(48)30(16-17-53-11)42-38(50)34(25(5)6)45-39(51)52-40(8,9)10)33(46)20-26(7)35(47)44-32(19-24(3)4)37(49)41-29-21-27-14-12-13-15-28(27)22-29/h12-15,23-26,29-34,46H,16-22H2,1-11H3,(H,41,49)(H,42,50)(H,43,48)(H,44,47)(H,45,51)/t26-,30+,31+,32?,33+,34+/m1/s1. The average Bonchev–Trinajstić information content (AvgIpc) is 3.45. The van der Waals surface area contributed by atoms with Gasteiger partial charge in [-0.1, -0.05) is 72.7 Å². The maximum atomic E-state index is 13.8. The van der Waals surface area contributed by atoms with E-state index in [1.165, 1.54) is 22.9 Å². The molecule has 0 fully saturated rings. The normalized spacial score (nSPS) is 16.6. The Morgan fingerprint density at radius 1 is 0.774 bits per heavy atom. The number of hydrogen-bond acceptors (Lipinski definition) is 8. The van der Waals surface area contributed by atoms with Crippen LogP contribution >= 0.6 is 11.8 Å². The second-order valence-corrected chi connectivity index (χ2v) is 17.7. The van der Waals surface area contributed by atoms with Crippen LogP contribution in [-0.2, 0) is 36.8 Å². The zero-order chi connectivity index (χ0) is 40.0. The van der Waals surface area contributed by atoms with Crippen LogP contribution in [0.15, 0.2) is 24.3 Å². The summed E-state index contributed by atoms with van der Waals surface area (Å²) in [5.74, 6) is -1.67. The van der Waals surface area contributed by atoms with Crippen molar-refractivity contribution in [3.63, 3.8) is 0 Å². The second kappa shape index (κ2) is 21.5. The fourth-order valence-electron chi connectivity index (χ4n) is 6.45. The molecule has 0 saturated carbocycles. The topological polar surface area (TPSA) is 175 Å². The lowest BCUT2D eigenvalue weighted by Gasteiger charge is -2.31. The van der Waals surface area contributed by atoms with Crippen LogP contribution in [0.5, 0.6) is 0 Å². The zero-order valence-electron chi connectivity index (χ0n) is 33.8.